The molecule has 1 aromatic rings. The topological polar surface area (TPSA) is 89.1 Å². The van der Waals surface area contributed by atoms with Gasteiger partial charge in [0.2, 0.25) is 5.95 Å². The first kappa shape index (κ1) is 9.10. The summed E-state index contributed by atoms with van der Waals surface area (Å²) in [6.07, 6.45) is 0.752. The number of carbonyl (C=O) groups is 1. The summed E-state index contributed by atoms with van der Waals surface area (Å²) in [5.74, 6) is 0.0330. The first-order valence-corrected chi connectivity index (χ1v) is 4.22. The number of carbonyl (C=O) groups excluding carboxylic acids is 1. The molecule has 1 saturated heterocycles. The van der Waals surface area contributed by atoms with E-state index >= 15 is 0 Å². The van der Waals surface area contributed by atoms with E-state index in [4.69, 9.17) is 9.47 Å². The highest BCUT2D eigenvalue weighted by molar-refractivity contribution is 5.92. The number of hydrogen-bond acceptors (Lipinski definition) is 5. The summed E-state index contributed by atoms with van der Waals surface area (Å²) < 4.78 is 10.3. The molecule has 0 saturated carbocycles. The molecule has 1 aromatic heterocycles. The van der Waals surface area contributed by atoms with Crippen LogP contribution in [0.5, 0.6) is 0 Å². The standard InChI is InChI=1S/C7H10N4O3/c12-6(5-3-13-1-2-14-5)10-7-8-4-9-11-7/h4-5H,1-3H2,(H2,8,9,10,11,12). The molecule has 1 aliphatic heterocycles. The van der Waals surface area contributed by atoms with Crippen LogP contribution in [0.4, 0.5) is 5.95 Å². The zero-order valence-electron chi connectivity index (χ0n) is 7.40. The average Bonchev–Trinajstić information content (AvgIpc) is 2.72. The molecule has 76 valence electrons. The van der Waals surface area contributed by atoms with Crippen LogP contribution in [0, 0.1) is 0 Å². The summed E-state index contributed by atoms with van der Waals surface area (Å²) in [4.78, 5) is 15.2. The summed E-state index contributed by atoms with van der Waals surface area (Å²) in [6.45, 7) is 1.25. The Hall–Kier alpha value is -1.47. The van der Waals surface area contributed by atoms with E-state index in [0.717, 1.165) is 0 Å². The zero-order valence-corrected chi connectivity index (χ0v) is 7.40. The molecule has 2 rings (SSSR count). The average molecular weight is 198 g/mol. The van der Waals surface area contributed by atoms with Gasteiger partial charge in [0.25, 0.3) is 5.91 Å². The number of nitrogens with zero attached hydrogens (tertiary/aromatic N) is 2. The Morgan fingerprint density at radius 2 is 2.57 bits per heavy atom. The first-order valence-electron chi connectivity index (χ1n) is 4.22. The van der Waals surface area contributed by atoms with Crippen LogP contribution >= 0.6 is 0 Å². The SMILES string of the molecule is O=C(Nc1ncn[nH]1)C1COCCO1. The predicted molar refractivity (Wildman–Crippen MR) is 45.6 cm³/mol. The lowest BCUT2D eigenvalue weighted by molar-refractivity contribution is -0.142. The fourth-order valence-electron chi connectivity index (χ4n) is 1.10. The van der Waals surface area contributed by atoms with Gasteiger partial charge in [0.1, 0.15) is 6.33 Å². The second-order valence-corrected chi connectivity index (χ2v) is 2.76. The number of aromatic nitrogens is 3. The maximum atomic E-state index is 11.5. The minimum atomic E-state index is -0.561. The highest BCUT2D eigenvalue weighted by Crippen LogP contribution is 2.03. The Labute approximate surface area is 79.8 Å². The van der Waals surface area contributed by atoms with Crippen molar-refractivity contribution in [1.82, 2.24) is 15.2 Å². The minimum absolute atomic E-state index is 0.276. The van der Waals surface area contributed by atoms with Gasteiger partial charge < -0.3 is 9.47 Å². The fourth-order valence-corrected chi connectivity index (χ4v) is 1.10. The van der Waals surface area contributed by atoms with Crippen molar-refractivity contribution in [2.24, 2.45) is 0 Å². The van der Waals surface area contributed by atoms with E-state index in [1.54, 1.807) is 0 Å². The van der Waals surface area contributed by atoms with Crippen LogP contribution in [0.2, 0.25) is 0 Å². The zero-order chi connectivity index (χ0) is 9.80. The molecule has 1 amide bonds. The van der Waals surface area contributed by atoms with E-state index in [9.17, 15) is 4.79 Å². The maximum absolute atomic E-state index is 11.5. The number of hydrogen-bond donors (Lipinski definition) is 2. The van der Waals surface area contributed by atoms with E-state index in [0.29, 0.717) is 19.2 Å². The van der Waals surface area contributed by atoms with Gasteiger partial charge in [-0.25, -0.2) is 5.10 Å². The minimum Gasteiger partial charge on any atom is -0.376 e. The van der Waals surface area contributed by atoms with Crippen molar-refractivity contribution in [3.05, 3.63) is 6.33 Å². The van der Waals surface area contributed by atoms with Gasteiger partial charge in [0.05, 0.1) is 19.8 Å². The van der Waals surface area contributed by atoms with Gasteiger partial charge in [-0.1, -0.05) is 0 Å². The molecule has 1 aliphatic rings. The Morgan fingerprint density at radius 1 is 1.64 bits per heavy atom. The number of H-pyrrole nitrogens is 1. The lowest BCUT2D eigenvalue weighted by Crippen LogP contribution is -2.39. The highest BCUT2D eigenvalue weighted by atomic mass is 16.6. The molecule has 2 heterocycles. The van der Waals surface area contributed by atoms with E-state index in [2.05, 4.69) is 20.5 Å². The molecule has 1 fully saturated rings. The lowest BCUT2D eigenvalue weighted by Gasteiger charge is -2.21. The number of aromatic amines is 1. The van der Waals surface area contributed by atoms with Crippen LogP contribution < -0.4 is 5.32 Å². The summed E-state index contributed by atoms with van der Waals surface area (Å²) in [7, 11) is 0. The van der Waals surface area contributed by atoms with Crippen molar-refractivity contribution in [1.29, 1.82) is 0 Å². The summed E-state index contributed by atoms with van der Waals surface area (Å²) >= 11 is 0. The van der Waals surface area contributed by atoms with Gasteiger partial charge in [-0.15, -0.1) is 0 Å². The molecule has 0 radical (unpaired) electrons. The molecule has 2 N–H and O–H groups in total. The van der Waals surface area contributed by atoms with Crippen LogP contribution in [0.3, 0.4) is 0 Å². The summed E-state index contributed by atoms with van der Waals surface area (Å²) in [5, 5.41) is 8.63. The number of amides is 1. The van der Waals surface area contributed by atoms with E-state index in [1.165, 1.54) is 6.33 Å². The number of rotatable bonds is 2. The van der Waals surface area contributed by atoms with Crippen LogP contribution in [-0.2, 0) is 14.3 Å². The molecular formula is C7H10N4O3. The monoisotopic (exact) mass is 198 g/mol. The van der Waals surface area contributed by atoms with Gasteiger partial charge in [0, 0.05) is 0 Å². The molecule has 0 aliphatic carbocycles. The molecular weight excluding hydrogens is 188 g/mol. The number of anilines is 1. The van der Waals surface area contributed by atoms with Crippen LogP contribution in [0.1, 0.15) is 0 Å². The van der Waals surface area contributed by atoms with Crippen molar-refractivity contribution in [3.8, 4) is 0 Å². The van der Waals surface area contributed by atoms with Crippen LogP contribution in [0.15, 0.2) is 6.33 Å². The Kier molecular flexibility index (Phi) is 2.70. The second-order valence-electron chi connectivity index (χ2n) is 2.76. The highest BCUT2D eigenvalue weighted by Gasteiger charge is 2.23. The van der Waals surface area contributed by atoms with Crippen molar-refractivity contribution < 1.29 is 14.3 Å². The van der Waals surface area contributed by atoms with Crippen molar-refractivity contribution in [2.45, 2.75) is 6.10 Å². The van der Waals surface area contributed by atoms with Crippen molar-refractivity contribution in [3.63, 3.8) is 0 Å². The number of nitrogens with one attached hydrogen (secondary N) is 2. The first-order chi connectivity index (χ1) is 6.86. The molecule has 7 heteroatoms. The second kappa shape index (κ2) is 4.16. The lowest BCUT2D eigenvalue weighted by atomic mass is 10.3. The van der Waals surface area contributed by atoms with Gasteiger partial charge in [-0.2, -0.15) is 10.1 Å². The largest absolute Gasteiger partial charge is 0.376 e. The third-order valence-corrected chi connectivity index (χ3v) is 1.76. The van der Waals surface area contributed by atoms with Crippen molar-refractivity contribution >= 4 is 11.9 Å². The Bertz CT molecular complexity index is 294. The van der Waals surface area contributed by atoms with Crippen LogP contribution in [0.25, 0.3) is 0 Å². The van der Waals surface area contributed by atoms with Gasteiger partial charge in [0.15, 0.2) is 6.10 Å². The normalized spacial score (nSPS) is 21.9. The summed E-state index contributed by atoms with van der Waals surface area (Å²) in [6, 6.07) is 0. The molecule has 0 spiro atoms. The quantitative estimate of drug-likeness (QED) is 0.646. The van der Waals surface area contributed by atoms with Gasteiger partial charge >= 0.3 is 0 Å². The fraction of sp³-hybridized carbons (Fsp3) is 0.571. The molecule has 0 aromatic carbocycles. The third-order valence-electron chi connectivity index (χ3n) is 1.76. The summed E-state index contributed by atoms with van der Waals surface area (Å²) in [5.41, 5.74) is 0. The molecule has 14 heavy (non-hydrogen) atoms. The predicted octanol–water partition coefficient (Wildman–Crippen LogP) is -0.841. The van der Waals surface area contributed by atoms with Gasteiger partial charge in [-0.05, 0) is 0 Å². The van der Waals surface area contributed by atoms with E-state index in [-0.39, 0.29) is 12.5 Å². The molecule has 1 atom stereocenters. The van der Waals surface area contributed by atoms with Crippen molar-refractivity contribution in [2.75, 3.05) is 25.1 Å². The maximum Gasteiger partial charge on any atom is 0.258 e. The third kappa shape index (κ3) is 2.06. The van der Waals surface area contributed by atoms with E-state index < -0.39 is 6.10 Å². The Morgan fingerprint density at radius 3 is 3.21 bits per heavy atom. The van der Waals surface area contributed by atoms with E-state index in [1.807, 2.05) is 0 Å². The molecule has 0 bridgehead atoms. The Balaban J connectivity index is 1.88. The number of ether oxygens (including phenoxy) is 2. The van der Waals surface area contributed by atoms with Crippen LogP contribution in [-0.4, -0.2) is 47.0 Å². The molecule has 7 nitrogen and oxygen atoms in total. The van der Waals surface area contributed by atoms with Gasteiger partial charge in [-0.3, -0.25) is 10.1 Å². The molecule has 1 unspecified atom stereocenters. The smallest absolute Gasteiger partial charge is 0.258 e.